The number of rotatable bonds is 6. The molecule has 0 aliphatic heterocycles. The molecule has 0 radical (unpaired) electrons. The number of nitrogens with zero attached hydrogens (tertiary/aromatic N) is 2. The Labute approximate surface area is 159 Å². The van der Waals surface area contributed by atoms with E-state index in [1.807, 2.05) is 55.8 Å². The zero-order valence-electron chi connectivity index (χ0n) is 14.9. The Kier molecular flexibility index (Phi) is 7.02. The molecule has 1 aromatic heterocycles. The summed E-state index contributed by atoms with van der Waals surface area (Å²) in [7, 11) is 3.61. The molecule has 0 amide bonds. The molecule has 0 aliphatic rings. The van der Waals surface area contributed by atoms with E-state index in [0.717, 1.165) is 17.0 Å². The predicted octanol–water partition coefficient (Wildman–Crippen LogP) is 3.98. The molecule has 7 heteroatoms. The van der Waals surface area contributed by atoms with Crippen LogP contribution in [0, 0.1) is 0 Å². The smallest absolute Gasteiger partial charge is 0.191 e. The van der Waals surface area contributed by atoms with E-state index in [0.29, 0.717) is 29.2 Å². The first kappa shape index (κ1) is 19.5. The van der Waals surface area contributed by atoms with Crippen LogP contribution in [-0.2, 0) is 20.1 Å². The largest absolute Gasteiger partial charge is 0.491 e. The minimum atomic E-state index is 0.154. The Morgan fingerprint density at radius 1 is 1.20 bits per heavy atom. The first-order valence-electron chi connectivity index (χ1n) is 8.10. The van der Waals surface area contributed by atoms with E-state index in [2.05, 4.69) is 15.6 Å². The second kappa shape index (κ2) is 9.02. The fourth-order valence-electron chi connectivity index (χ4n) is 2.34. The van der Waals surface area contributed by atoms with Crippen LogP contribution >= 0.6 is 23.2 Å². The standard InChI is InChI=1S/C18H24Cl2N4O/c1-12(2)25-15-7-5-6-13(8-15)10-22-18(21-3)23-11-14-9-16(19)17(20)24(14)4/h5-9,12H,10-11H2,1-4H3,(H2,21,22,23). The molecule has 25 heavy (non-hydrogen) atoms. The molecule has 0 saturated carbocycles. The second-order valence-electron chi connectivity index (χ2n) is 5.93. The molecule has 2 rings (SSSR count). The Morgan fingerprint density at radius 2 is 1.92 bits per heavy atom. The summed E-state index contributed by atoms with van der Waals surface area (Å²) < 4.78 is 7.56. The number of aromatic nitrogens is 1. The van der Waals surface area contributed by atoms with Crippen molar-refractivity contribution < 1.29 is 4.74 Å². The SMILES string of the molecule is CN=C(NCc1cccc(OC(C)C)c1)NCc1cc(Cl)c(Cl)n1C. The quantitative estimate of drug-likeness (QED) is 0.586. The van der Waals surface area contributed by atoms with E-state index in [1.165, 1.54) is 0 Å². The second-order valence-corrected chi connectivity index (χ2v) is 6.69. The van der Waals surface area contributed by atoms with Gasteiger partial charge >= 0.3 is 0 Å². The highest BCUT2D eigenvalue weighted by molar-refractivity contribution is 6.41. The lowest BCUT2D eigenvalue weighted by molar-refractivity contribution is 0.242. The van der Waals surface area contributed by atoms with E-state index < -0.39 is 0 Å². The average molecular weight is 383 g/mol. The van der Waals surface area contributed by atoms with Crippen LogP contribution in [0.15, 0.2) is 35.3 Å². The van der Waals surface area contributed by atoms with Crippen molar-refractivity contribution in [2.45, 2.75) is 33.0 Å². The number of ether oxygens (including phenoxy) is 1. The van der Waals surface area contributed by atoms with Gasteiger partial charge in [0.1, 0.15) is 10.9 Å². The maximum absolute atomic E-state index is 6.08. The predicted molar refractivity (Wildman–Crippen MR) is 105 cm³/mol. The molecule has 0 aliphatic carbocycles. The highest BCUT2D eigenvalue weighted by atomic mass is 35.5. The van der Waals surface area contributed by atoms with Gasteiger partial charge in [0.15, 0.2) is 5.96 Å². The molecule has 2 N–H and O–H groups in total. The fourth-order valence-corrected chi connectivity index (χ4v) is 2.76. The molecule has 0 spiro atoms. The van der Waals surface area contributed by atoms with Crippen LogP contribution in [-0.4, -0.2) is 23.7 Å². The van der Waals surface area contributed by atoms with Gasteiger partial charge in [-0.1, -0.05) is 35.3 Å². The van der Waals surface area contributed by atoms with Gasteiger partial charge in [-0.3, -0.25) is 4.99 Å². The van der Waals surface area contributed by atoms with Crippen molar-refractivity contribution in [1.29, 1.82) is 0 Å². The molecular formula is C18H24Cl2N4O. The minimum Gasteiger partial charge on any atom is -0.491 e. The van der Waals surface area contributed by atoms with Crippen LogP contribution in [0.2, 0.25) is 10.2 Å². The summed E-state index contributed by atoms with van der Waals surface area (Å²) in [6.45, 7) is 5.24. The highest BCUT2D eigenvalue weighted by Gasteiger charge is 2.09. The van der Waals surface area contributed by atoms with Gasteiger partial charge in [-0.25, -0.2) is 0 Å². The molecule has 1 heterocycles. The van der Waals surface area contributed by atoms with Gasteiger partial charge in [-0.2, -0.15) is 0 Å². The minimum absolute atomic E-state index is 0.154. The van der Waals surface area contributed by atoms with Crippen molar-refractivity contribution in [1.82, 2.24) is 15.2 Å². The zero-order chi connectivity index (χ0) is 18.4. The molecule has 136 valence electrons. The van der Waals surface area contributed by atoms with Crippen molar-refractivity contribution in [3.63, 3.8) is 0 Å². The number of aliphatic imine (C=N–C) groups is 1. The molecule has 0 bridgehead atoms. The number of guanidine groups is 1. The van der Waals surface area contributed by atoms with Gasteiger partial charge in [0.2, 0.25) is 0 Å². The molecule has 0 saturated heterocycles. The third kappa shape index (κ3) is 5.58. The highest BCUT2D eigenvalue weighted by Crippen LogP contribution is 2.24. The Balaban J connectivity index is 1.91. The van der Waals surface area contributed by atoms with E-state index in [1.54, 1.807) is 7.05 Å². The number of hydrogen-bond acceptors (Lipinski definition) is 2. The normalized spacial score (nSPS) is 11.7. The zero-order valence-corrected chi connectivity index (χ0v) is 16.4. The van der Waals surface area contributed by atoms with Gasteiger partial charge in [0.05, 0.1) is 17.7 Å². The Morgan fingerprint density at radius 3 is 2.52 bits per heavy atom. The van der Waals surface area contributed by atoms with E-state index in [9.17, 15) is 0 Å². The van der Waals surface area contributed by atoms with Crippen LogP contribution in [0.25, 0.3) is 0 Å². The van der Waals surface area contributed by atoms with Crippen molar-refractivity contribution in [2.75, 3.05) is 7.05 Å². The lowest BCUT2D eigenvalue weighted by Gasteiger charge is -2.14. The fraction of sp³-hybridized carbons (Fsp3) is 0.389. The van der Waals surface area contributed by atoms with Gasteiger partial charge in [-0.15, -0.1) is 0 Å². The first-order valence-corrected chi connectivity index (χ1v) is 8.86. The summed E-state index contributed by atoms with van der Waals surface area (Å²) in [5.41, 5.74) is 2.09. The van der Waals surface area contributed by atoms with Gasteiger partial charge < -0.3 is 19.9 Å². The molecule has 0 atom stereocenters. The van der Waals surface area contributed by atoms with Crippen molar-refractivity contribution in [2.24, 2.45) is 12.0 Å². The summed E-state index contributed by atoms with van der Waals surface area (Å²) in [5.74, 6) is 1.56. The van der Waals surface area contributed by atoms with Gasteiger partial charge in [0.25, 0.3) is 0 Å². The summed E-state index contributed by atoms with van der Waals surface area (Å²) in [5, 5.41) is 7.62. The van der Waals surface area contributed by atoms with Crippen molar-refractivity contribution in [3.05, 3.63) is 51.8 Å². The molecule has 1 aromatic carbocycles. The Bertz CT molecular complexity index is 741. The number of hydrogen-bond donors (Lipinski definition) is 2. The summed E-state index contributed by atoms with van der Waals surface area (Å²) >= 11 is 12.1. The lowest BCUT2D eigenvalue weighted by Crippen LogP contribution is -2.36. The van der Waals surface area contributed by atoms with Crippen molar-refractivity contribution >= 4 is 29.2 Å². The van der Waals surface area contributed by atoms with Gasteiger partial charge in [-0.05, 0) is 37.6 Å². The molecule has 5 nitrogen and oxygen atoms in total. The number of nitrogens with one attached hydrogen (secondary N) is 2. The summed E-state index contributed by atoms with van der Waals surface area (Å²) in [6, 6.07) is 9.86. The lowest BCUT2D eigenvalue weighted by atomic mass is 10.2. The molecular weight excluding hydrogens is 359 g/mol. The summed E-state index contributed by atoms with van der Waals surface area (Å²) in [4.78, 5) is 4.24. The molecule has 0 fully saturated rings. The van der Waals surface area contributed by atoms with Crippen molar-refractivity contribution in [3.8, 4) is 5.75 Å². The first-order chi connectivity index (χ1) is 11.9. The topological polar surface area (TPSA) is 50.6 Å². The van der Waals surface area contributed by atoms with Crippen LogP contribution in [0.5, 0.6) is 5.75 Å². The van der Waals surface area contributed by atoms with Crippen LogP contribution in [0.1, 0.15) is 25.1 Å². The van der Waals surface area contributed by atoms with Crippen LogP contribution in [0.3, 0.4) is 0 Å². The molecule has 2 aromatic rings. The number of halogens is 2. The van der Waals surface area contributed by atoms with E-state index >= 15 is 0 Å². The molecule has 0 unspecified atom stereocenters. The number of benzene rings is 1. The third-order valence-corrected chi connectivity index (χ3v) is 4.45. The van der Waals surface area contributed by atoms with Crippen LogP contribution in [0.4, 0.5) is 0 Å². The van der Waals surface area contributed by atoms with E-state index in [4.69, 9.17) is 27.9 Å². The van der Waals surface area contributed by atoms with E-state index in [-0.39, 0.29) is 6.10 Å². The Hall–Kier alpha value is -1.85. The monoisotopic (exact) mass is 382 g/mol. The third-order valence-electron chi connectivity index (χ3n) is 3.61. The average Bonchev–Trinajstić information content (AvgIpc) is 2.82. The maximum Gasteiger partial charge on any atom is 0.191 e. The van der Waals surface area contributed by atoms with Crippen LogP contribution < -0.4 is 15.4 Å². The summed E-state index contributed by atoms with van der Waals surface area (Å²) in [6.07, 6.45) is 0.154. The van der Waals surface area contributed by atoms with Gasteiger partial charge in [0, 0.05) is 26.3 Å². The maximum atomic E-state index is 6.08.